The van der Waals surface area contributed by atoms with E-state index in [-0.39, 0.29) is 44.0 Å². The molecule has 28 heavy (non-hydrogen) atoms. The molecular formula is C18H16F3N3O3S. The number of amides is 3. The summed E-state index contributed by atoms with van der Waals surface area (Å²) in [7, 11) is 0. The van der Waals surface area contributed by atoms with Gasteiger partial charge in [-0.2, -0.15) is 13.2 Å². The lowest BCUT2D eigenvalue weighted by atomic mass is 10.1. The van der Waals surface area contributed by atoms with Crippen LogP contribution in [0.15, 0.2) is 30.5 Å². The van der Waals surface area contributed by atoms with Gasteiger partial charge in [0.15, 0.2) is 5.13 Å². The molecule has 0 saturated carbocycles. The lowest BCUT2D eigenvalue weighted by Gasteiger charge is -2.12. The molecule has 148 valence electrons. The van der Waals surface area contributed by atoms with Crippen LogP contribution >= 0.6 is 11.3 Å². The second-order valence-corrected chi connectivity index (χ2v) is 7.36. The van der Waals surface area contributed by atoms with Gasteiger partial charge in [-0.3, -0.25) is 19.3 Å². The third-order valence-electron chi connectivity index (χ3n) is 4.15. The molecule has 1 fully saturated rings. The van der Waals surface area contributed by atoms with E-state index in [0.29, 0.717) is 15.6 Å². The molecule has 2 aromatic rings. The molecule has 0 spiro atoms. The van der Waals surface area contributed by atoms with Crippen molar-refractivity contribution in [2.45, 2.75) is 31.9 Å². The Balaban J connectivity index is 1.55. The number of aromatic nitrogens is 1. The molecule has 1 aliphatic rings. The summed E-state index contributed by atoms with van der Waals surface area (Å²) < 4.78 is 38.4. The van der Waals surface area contributed by atoms with Crippen molar-refractivity contribution < 1.29 is 27.6 Å². The Morgan fingerprint density at radius 1 is 1.21 bits per heavy atom. The highest BCUT2D eigenvalue weighted by molar-refractivity contribution is 7.15. The van der Waals surface area contributed by atoms with Gasteiger partial charge in [0.1, 0.15) is 0 Å². The summed E-state index contributed by atoms with van der Waals surface area (Å²) >= 11 is 1.16. The van der Waals surface area contributed by atoms with Gasteiger partial charge in [0.05, 0.1) is 5.56 Å². The largest absolute Gasteiger partial charge is 0.416 e. The molecule has 6 nitrogen and oxygen atoms in total. The topological polar surface area (TPSA) is 79.4 Å². The summed E-state index contributed by atoms with van der Waals surface area (Å²) in [5.41, 5.74) is -0.226. The van der Waals surface area contributed by atoms with Crippen LogP contribution in [0.4, 0.5) is 18.3 Å². The smallest absolute Gasteiger partial charge is 0.302 e. The molecular weight excluding hydrogens is 395 g/mol. The van der Waals surface area contributed by atoms with E-state index in [1.807, 2.05) is 0 Å². The van der Waals surface area contributed by atoms with Crippen LogP contribution < -0.4 is 5.32 Å². The van der Waals surface area contributed by atoms with E-state index in [4.69, 9.17) is 0 Å². The van der Waals surface area contributed by atoms with E-state index in [0.717, 1.165) is 28.4 Å². The number of carbonyl (C=O) groups excluding carboxylic acids is 3. The molecule has 1 aromatic carbocycles. The Kier molecular flexibility index (Phi) is 5.78. The summed E-state index contributed by atoms with van der Waals surface area (Å²) in [5.74, 6) is -0.960. The number of nitrogens with one attached hydrogen (secondary N) is 1. The minimum atomic E-state index is -4.40. The predicted molar refractivity (Wildman–Crippen MR) is 95.6 cm³/mol. The fraction of sp³-hybridized carbons (Fsp3) is 0.333. The molecule has 0 aliphatic carbocycles. The fourth-order valence-corrected chi connectivity index (χ4v) is 3.64. The zero-order chi connectivity index (χ0) is 20.3. The first-order chi connectivity index (χ1) is 13.2. The van der Waals surface area contributed by atoms with E-state index in [2.05, 4.69) is 10.3 Å². The van der Waals surface area contributed by atoms with Crippen LogP contribution in [0, 0.1) is 0 Å². The van der Waals surface area contributed by atoms with Crippen LogP contribution in [0.1, 0.15) is 35.3 Å². The van der Waals surface area contributed by atoms with E-state index >= 15 is 0 Å². The minimum absolute atomic E-state index is 0.0198. The number of likely N-dealkylation sites (tertiary alicyclic amines) is 1. The number of hydrogen-bond donors (Lipinski definition) is 1. The van der Waals surface area contributed by atoms with Crippen LogP contribution in [-0.4, -0.2) is 34.2 Å². The highest BCUT2D eigenvalue weighted by Crippen LogP contribution is 2.30. The quantitative estimate of drug-likeness (QED) is 0.741. The Bertz CT molecular complexity index is 895. The molecule has 1 N–H and O–H groups in total. The van der Waals surface area contributed by atoms with Crippen LogP contribution in [0.3, 0.4) is 0 Å². The number of halogens is 3. The van der Waals surface area contributed by atoms with Crippen LogP contribution in [0.5, 0.6) is 0 Å². The second kappa shape index (κ2) is 8.09. The Morgan fingerprint density at radius 2 is 1.93 bits per heavy atom. The summed E-state index contributed by atoms with van der Waals surface area (Å²) in [4.78, 5) is 40.8. The number of anilines is 1. The molecule has 0 atom stereocenters. The summed E-state index contributed by atoms with van der Waals surface area (Å²) in [6.07, 6.45) is -2.35. The first-order valence-corrected chi connectivity index (χ1v) is 9.28. The third kappa shape index (κ3) is 4.94. The first kappa shape index (κ1) is 20.0. The van der Waals surface area contributed by atoms with Crippen molar-refractivity contribution in [2.24, 2.45) is 0 Å². The maximum absolute atomic E-state index is 12.8. The minimum Gasteiger partial charge on any atom is -0.302 e. The number of imide groups is 1. The Labute approximate surface area is 162 Å². The van der Waals surface area contributed by atoms with Gasteiger partial charge in [-0.15, -0.1) is 11.3 Å². The number of nitrogens with zero attached hydrogens (tertiary/aromatic N) is 2. The number of benzene rings is 1. The molecule has 3 amide bonds. The molecule has 3 rings (SSSR count). The van der Waals surface area contributed by atoms with Gasteiger partial charge in [0, 0.05) is 43.3 Å². The van der Waals surface area contributed by atoms with Crippen LogP contribution in [-0.2, 0) is 27.0 Å². The molecule has 2 heterocycles. The maximum Gasteiger partial charge on any atom is 0.416 e. The SMILES string of the molecule is O=C(CCN1C(=O)CCC1=O)Nc1ncc(Cc2cccc(C(F)(F)F)c2)s1. The van der Waals surface area contributed by atoms with E-state index in [1.54, 1.807) is 6.07 Å². The van der Waals surface area contributed by atoms with Crippen molar-refractivity contribution >= 4 is 34.2 Å². The molecule has 0 bridgehead atoms. The van der Waals surface area contributed by atoms with Crippen molar-refractivity contribution in [1.29, 1.82) is 0 Å². The first-order valence-electron chi connectivity index (χ1n) is 8.46. The molecule has 1 saturated heterocycles. The van der Waals surface area contributed by atoms with Gasteiger partial charge in [-0.05, 0) is 11.6 Å². The van der Waals surface area contributed by atoms with Crippen molar-refractivity contribution in [3.8, 4) is 0 Å². The highest BCUT2D eigenvalue weighted by Gasteiger charge is 2.30. The molecule has 0 radical (unpaired) electrons. The van der Waals surface area contributed by atoms with Gasteiger partial charge in [0.25, 0.3) is 0 Å². The number of carbonyl (C=O) groups is 3. The van der Waals surface area contributed by atoms with E-state index in [9.17, 15) is 27.6 Å². The highest BCUT2D eigenvalue weighted by atomic mass is 32.1. The summed E-state index contributed by atoms with van der Waals surface area (Å²) in [5, 5.41) is 2.89. The van der Waals surface area contributed by atoms with Gasteiger partial charge in [-0.25, -0.2) is 4.98 Å². The van der Waals surface area contributed by atoms with Crippen molar-refractivity contribution in [2.75, 3.05) is 11.9 Å². The fourth-order valence-electron chi connectivity index (χ4n) is 2.77. The lowest BCUT2D eigenvalue weighted by molar-refractivity contribution is -0.139. The van der Waals surface area contributed by atoms with Crippen molar-refractivity contribution in [3.63, 3.8) is 0 Å². The number of hydrogen-bond acceptors (Lipinski definition) is 5. The Morgan fingerprint density at radius 3 is 2.61 bits per heavy atom. The van der Waals surface area contributed by atoms with Gasteiger partial charge >= 0.3 is 6.18 Å². The Hall–Kier alpha value is -2.75. The van der Waals surface area contributed by atoms with Crippen molar-refractivity contribution in [3.05, 3.63) is 46.5 Å². The number of alkyl halides is 3. The zero-order valence-electron chi connectivity index (χ0n) is 14.6. The third-order valence-corrected chi connectivity index (χ3v) is 5.06. The summed E-state index contributed by atoms with van der Waals surface area (Å²) in [6.45, 7) is 0.0198. The van der Waals surface area contributed by atoms with Gasteiger partial charge < -0.3 is 5.32 Å². The number of thiazole rings is 1. The van der Waals surface area contributed by atoms with Crippen molar-refractivity contribution in [1.82, 2.24) is 9.88 Å². The standard InChI is InChI=1S/C18H16F3N3O3S/c19-18(20,21)12-3-1-2-11(8-12)9-13-10-22-17(28-13)23-14(25)6-7-24-15(26)4-5-16(24)27/h1-3,8,10H,4-7,9H2,(H,22,23,25). The summed E-state index contributed by atoms with van der Waals surface area (Å²) in [6, 6.07) is 5.04. The average Bonchev–Trinajstić information content (AvgIpc) is 3.19. The second-order valence-electron chi connectivity index (χ2n) is 6.24. The van der Waals surface area contributed by atoms with Crippen LogP contribution in [0.2, 0.25) is 0 Å². The lowest BCUT2D eigenvalue weighted by Crippen LogP contribution is -2.32. The monoisotopic (exact) mass is 411 g/mol. The van der Waals surface area contributed by atoms with Gasteiger partial charge in [0.2, 0.25) is 17.7 Å². The van der Waals surface area contributed by atoms with Gasteiger partial charge in [-0.1, -0.05) is 18.2 Å². The zero-order valence-corrected chi connectivity index (χ0v) is 15.4. The average molecular weight is 411 g/mol. The normalized spacial score (nSPS) is 14.6. The van der Waals surface area contributed by atoms with E-state index < -0.39 is 17.6 Å². The maximum atomic E-state index is 12.8. The molecule has 10 heteroatoms. The number of rotatable bonds is 6. The van der Waals surface area contributed by atoms with E-state index in [1.165, 1.54) is 12.3 Å². The van der Waals surface area contributed by atoms with Crippen LogP contribution in [0.25, 0.3) is 0 Å². The molecule has 1 aromatic heterocycles. The predicted octanol–water partition coefficient (Wildman–Crippen LogP) is 3.23. The molecule has 1 aliphatic heterocycles. The molecule has 0 unspecified atom stereocenters.